The molecular formula is C20H18BrClF2NO3P. The highest BCUT2D eigenvalue weighted by Gasteiger charge is 2.51. The molecule has 154 valence electrons. The number of hydrogen-bond donors (Lipinski definition) is 2. The number of nitrogens with zero attached hydrogens (tertiary/aromatic N) is 1. The number of fused-ring (bicyclic) bond motifs is 3. The van der Waals surface area contributed by atoms with Crippen LogP contribution in [-0.2, 0) is 29.6 Å². The quantitative estimate of drug-likeness (QED) is 0.415. The molecule has 1 heterocycles. The van der Waals surface area contributed by atoms with Gasteiger partial charge in [-0.15, -0.1) is 0 Å². The van der Waals surface area contributed by atoms with Crippen molar-refractivity contribution in [1.29, 1.82) is 0 Å². The molecule has 1 aromatic heterocycles. The van der Waals surface area contributed by atoms with E-state index >= 15 is 0 Å². The molecule has 4 rings (SSSR count). The molecule has 0 radical (unpaired) electrons. The van der Waals surface area contributed by atoms with E-state index in [0.717, 1.165) is 48.2 Å². The van der Waals surface area contributed by atoms with Gasteiger partial charge in [-0.2, -0.15) is 8.78 Å². The van der Waals surface area contributed by atoms with Crippen LogP contribution >= 0.6 is 35.1 Å². The van der Waals surface area contributed by atoms with Crippen molar-refractivity contribution in [2.75, 3.05) is 0 Å². The lowest BCUT2D eigenvalue weighted by atomic mass is 9.95. The highest BCUT2D eigenvalue weighted by molar-refractivity contribution is 9.10. The van der Waals surface area contributed by atoms with Gasteiger partial charge in [0.05, 0.1) is 0 Å². The van der Waals surface area contributed by atoms with Crippen LogP contribution in [0.3, 0.4) is 0 Å². The molecule has 2 N–H and O–H groups in total. The summed E-state index contributed by atoms with van der Waals surface area (Å²) in [7, 11) is -5.62. The summed E-state index contributed by atoms with van der Waals surface area (Å²) < 4.78 is 41.5. The average Bonchev–Trinajstić information content (AvgIpc) is 2.94. The zero-order valence-electron chi connectivity index (χ0n) is 15.2. The number of rotatable bonds is 4. The lowest BCUT2D eigenvalue weighted by Gasteiger charge is -2.20. The van der Waals surface area contributed by atoms with Crippen LogP contribution in [0.15, 0.2) is 40.9 Å². The Morgan fingerprint density at radius 3 is 2.55 bits per heavy atom. The smallest absolute Gasteiger partial charge is 0.340 e. The summed E-state index contributed by atoms with van der Waals surface area (Å²) in [5.74, 6) is 0. The first kappa shape index (κ1) is 21.0. The molecule has 0 fully saturated rings. The SMILES string of the molecule is O=P(O)(O)C(F)(F)c1ccc(Cn2c3c(c4cc(Cl)ccc42)CCCC3)cc1Br. The van der Waals surface area contributed by atoms with Crippen LogP contribution in [0.4, 0.5) is 8.78 Å². The van der Waals surface area contributed by atoms with Crippen molar-refractivity contribution in [3.05, 3.63) is 68.3 Å². The Morgan fingerprint density at radius 2 is 1.86 bits per heavy atom. The zero-order valence-corrected chi connectivity index (χ0v) is 18.4. The van der Waals surface area contributed by atoms with Gasteiger partial charge in [0.1, 0.15) is 0 Å². The topological polar surface area (TPSA) is 62.5 Å². The summed E-state index contributed by atoms with van der Waals surface area (Å²) in [6.07, 6.45) is 4.14. The van der Waals surface area contributed by atoms with Crippen LogP contribution in [-0.4, -0.2) is 14.4 Å². The van der Waals surface area contributed by atoms with E-state index < -0.39 is 18.8 Å². The van der Waals surface area contributed by atoms with Crippen molar-refractivity contribution in [1.82, 2.24) is 4.57 Å². The highest BCUT2D eigenvalue weighted by atomic mass is 79.9. The van der Waals surface area contributed by atoms with Crippen LogP contribution in [0.25, 0.3) is 10.9 Å². The van der Waals surface area contributed by atoms with Crippen LogP contribution < -0.4 is 0 Å². The second-order valence-electron chi connectivity index (χ2n) is 7.28. The Kier molecular flexibility index (Phi) is 5.41. The van der Waals surface area contributed by atoms with Gasteiger partial charge in [0.25, 0.3) is 0 Å². The lowest BCUT2D eigenvalue weighted by Crippen LogP contribution is -2.15. The second-order valence-corrected chi connectivity index (χ2v) is 10.2. The summed E-state index contributed by atoms with van der Waals surface area (Å²) in [4.78, 5) is 18.0. The standard InChI is InChI=1S/C20H18BrClF2NO3P/c21-17-9-12(5-7-16(17)20(23,24)29(26,27)28)11-25-18-4-2-1-3-14(18)15-10-13(22)6-8-19(15)25/h5-10H,1-4,11H2,(H2,26,27,28). The average molecular weight is 505 g/mol. The second kappa shape index (κ2) is 7.47. The lowest BCUT2D eigenvalue weighted by molar-refractivity contribution is 0.0557. The van der Waals surface area contributed by atoms with Crippen LogP contribution in [0.2, 0.25) is 5.02 Å². The van der Waals surface area contributed by atoms with E-state index in [2.05, 4.69) is 20.5 Å². The molecule has 1 aliphatic carbocycles. The molecule has 1 aliphatic rings. The maximum absolute atomic E-state index is 14.1. The van der Waals surface area contributed by atoms with Crippen LogP contribution in [0, 0.1) is 0 Å². The van der Waals surface area contributed by atoms with Crippen molar-refractivity contribution in [2.24, 2.45) is 0 Å². The van der Waals surface area contributed by atoms with Gasteiger partial charge < -0.3 is 14.4 Å². The Balaban J connectivity index is 1.77. The Bertz CT molecular complexity index is 1160. The maximum Gasteiger partial charge on any atom is 0.399 e. The van der Waals surface area contributed by atoms with E-state index in [9.17, 15) is 13.3 Å². The maximum atomic E-state index is 14.1. The number of hydrogen-bond acceptors (Lipinski definition) is 1. The summed E-state index contributed by atoms with van der Waals surface area (Å²) in [5.41, 5.74) is -0.655. The van der Waals surface area contributed by atoms with Gasteiger partial charge in [0.2, 0.25) is 0 Å². The molecule has 0 spiro atoms. The van der Waals surface area contributed by atoms with Crippen molar-refractivity contribution >= 4 is 46.0 Å². The number of benzene rings is 2. The summed E-state index contributed by atoms with van der Waals surface area (Å²) in [5, 5.41) is 1.80. The molecular weight excluding hydrogens is 487 g/mol. The molecule has 0 saturated carbocycles. The fourth-order valence-electron chi connectivity index (χ4n) is 4.03. The van der Waals surface area contributed by atoms with E-state index in [-0.39, 0.29) is 4.47 Å². The predicted octanol–water partition coefficient (Wildman–Crippen LogP) is 6.21. The van der Waals surface area contributed by atoms with Crippen molar-refractivity contribution in [3.8, 4) is 0 Å². The number of aryl methyl sites for hydroxylation is 1. The molecule has 0 atom stereocenters. The normalized spacial score (nSPS) is 15.0. The molecule has 0 amide bonds. The fraction of sp³-hybridized carbons (Fsp3) is 0.300. The molecule has 9 heteroatoms. The van der Waals surface area contributed by atoms with Gasteiger partial charge in [0, 0.05) is 38.2 Å². The van der Waals surface area contributed by atoms with Gasteiger partial charge in [-0.25, -0.2) is 0 Å². The van der Waals surface area contributed by atoms with Gasteiger partial charge in [-0.1, -0.05) is 39.7 Å². The van der Waals surface area contributed by atoms with Crippen molar-refractivity contribution < 1.29 is 23.1 Å². The van der Waals surface area contributed by atoms with E-state index in [1.54, 1.807) is 0 Å². The first-order valence-corrected chi connectivity index (χ1v) is 11.9. The van der Waals surface area contributed by atoms with Crippen LogP contribution in [0.1, 0.15) is 35.2 Å². The summed E-state index contributed by atoms with van der Waals surface area (Å²) in [6.45, 7) is 0.466. The van der Waals surface area contributed by atoms with Gasteiger partial charge in [-0.05, 0) is 61.1 Å². The minimum Gasteiger partial charge on any atom is -0.340 e. The Morgan fingerprint density at radius 1 is 1.14 bits per heavy atom. The fourth-order valence-corrected chi connectivity index (χ4v) is 5.54. The third-order valence-electron chi connectivity index (χ3n) is 5.40. The predicted molar refractivity (Wildman–Crippen MR) is 113 cm³/mol. The zero-order chi connectivity index (χ0) is 21.0. The third kappa shape index (κ3) is 3.68. The van der Waals surface area contributed by atoms with Gasteiger partial charge >= 0.3 is 13.3 Å². The number of halogens is 4. The summed E-state index contributed by atoms with van der Waals surface area (Å²) >= 11 is 9.26. The van der Waals surface area contributed by atoms with Gasteiger partial charge in [-0.3, -0.25) is 4.57 Å². The molecule has 0 saturated heterocycles. The molecule has 29 heavy (non-hydrogen) atoms. The first-order valence-electron chi connectivity index (χ1n) is 9.11. The highest BCUT2D eigenvalue weighted by Crippen LogP contribution is 2.60. The van der Waals surface area contributed by atoms with Crippen molar-refractivity contribution in [3.63, 3.8) is 0 Å². The van der Waals surface area contributed by atoms with Crippen molar-refractivity contribution in [2.45, 2.75) is 37.9 Å². The molecule has 0 unspecified atom stereocenters. The van der Waals surface area contributed by atoms with E-state index in [1.165, 1.54) is 23.4 Å². The van der Waals surface area contributed by atoms with Crippen LogP contribution in [0.5, 0.6) is 0 Å². The largest absolute Gasteiger partial charge is 0.399 e. The van der Waals surface area contributed by atoms with E-state index in [0.29, 0.717) is 11.6 Å². The molecule has 0 aliphatic heterocycles. The summed E-state index contributed by atoms with van der Waals surface area (Å²) in [6, 6.07) is 9.84. The minimum absolute atomic E-state index is 0.0308. The minimum atomic E-state index is -5.62. The monoisotopic (exact) mass is 503 g/mol. The third-order valence-corrected chi connectivity index (χ3v) is 7.27. The molecule has 4 nitrogen and oxygen atoms in total. The number of aromatic nitrogens is 1. The molecule has 0 bridgehead atoms. The number of alkyl halides is 2. The molecule has 3 aromatic rings. The first-order chi connectivity index (χ1) is 13.6. The van der Waals surface area contributed by atoms with E-state index in [4.69, 9.17) is 21.4 Å². The van der Waals surface area contributed by atoms with Gasteiger partial charge in [0.15, 0.2) is 0 Å². The Labute approximate surface area is 179 Å². The van der Waals surface area contributed by atoms with E-state index in [1.807, 2.05) is 18.2 Å². The molecule has 2 aromatic carbocycles. The Hall–Kier alpha value is -1.24.